The highest BCUT2D eigenvalue weighted by atomic mass is 35.5. The minimum Gasteiger partial charge on any atom is -0.379 e. The van der Waals surface area contributed by atoms with Crippen molar-refractivity contribution >= 4 is 18.9 Å². The van der Waals surface area contributed by atoms with Crippen molar-refractivity contribution in [1.29, 1.82) is 0 Å². The molecule has 1 unspecified atom stereocenters. The van der Waals surface area contributed by atoms with Crippen molar-refractivity contribution in [1.82, 2.24) is 14.8 Å². The van der Waals surface area contributed by atoms with Gasteiger partial charge in [-0.15, -0.1) is 0 Å². The second-order valence-corrected chi connectivity index (χ2v) is 9.35. The van der Waals surface area contributed by atoms with E-state index in [-0.39, 0.29) is 5.82 Å². The summed E-state index contributed by atoms with van der Waals surface area (Å²) in [6.45, 7) is 4.25. The first-order valence-electron chi connectivity index (χ1n) is 7.66. The number of nitrogens with zero attached hydrogens (tertiary/aromatic N) is 3. The van der Waals surface area contributed by atoms with Crippen molar-refractivity contribution < 1.29 is 22.6 Å². The van der Waals surface area contributed by atoms with Crippen molar-refractivity contribution in [3.8, 4) is 11.4 Å². The molecule has 0 aliphatic carbocycles. The number of hydrogen-bond donors (Lipinski definition) is 0. The van der Waals surface area contributed by atoms with E-state index >= 15 is 0 Å². The third-order valence-corrected chi connectivity index (χ3v) is 6.65. The number of alkyl halides is 3. The molecule has 1 aromatic carbocycles. The fourth-order valence-corrected chi connectivity index (χ4v) is 4.81. The quantitative estimate of drug-likeness (QED) is 0.571. The predicted molar refractivity (Wildman–Crippen MR) is 89.1 cm³/mol. The number of hydrogen-bond acceptors (Lipinski definition) is 5. The molecule has 2 aromatic rings. The third kappa shape index (κ3) is 4.44. The number of benzene rings is 1. The molecule has 6 nitrogen and oxygen atoms in total. The first-order valence-corrected chi connectivity index (χ1v) is 10.3. The Bertz CT molecular complexity index is 773. The highest BCUT2D eigenvalue weighted by Gasteiger charge is 2.35. The van der Waals surface area contributed by atoms with Crippen molar-refractivity contribution in [2.45, 2.75) is 11.5 Å². The fraction of sp³-hybridized carbons (Fsp3) is 0.467. The molecule has 136 valence electrons. The van der Waals surface area contributed by atoms with E-state index in [1.807, 2.05) is 4.67 Å². The van der Waals surface area contributed by atoms with Gasteiger partial charge in [0.25, 0.3) is 0 Å². The molecule has 0 saturated carbocycles. The molecule has 0 amide bonds. The summed E-state index contributed by atoms with van der Waals surface area (Å²) in [5.41, 5.74) is 1.39. The zero-order valence-corrected chi connectivity index (χ0v) is 15.1. The largest absolute Gasteiger partial charge is 0.400 e. The molecule has 1 aromatic heterocycles. The van der Waals surface area contributed by atoms with Crippen LogP contribution in [0.2, 0.25) is 0 Å². The summed E-state index contributed by atoms with van der Waals surface area (Å²) in [4.78, 5) is 3.59. The van der Waals surface area contributed by atoms with Gasteiger partial charge in [0.05, 0.1) is 13.2 Å². The summed E-state index contributed by atoms with van der Waals surface area (Å²) in [6.07, 6.45) is 0.421. The van der Waals surface area contributed by atoms with Gasteiger partial charge in [-0.2, -0.15) is 13.8 Å². The molecule has 1 atom stereocenters. The van der Waals surface area contributed by atoms with E-state index in [4.69, 9.17) is 16.3 Å². The summed E-state index contributed by atoms with van der Waals surface area (Å²) in [5, 5.41) is -0.193. The van der Waals surface area contributed by atoms with Crippen molar-refractivity contribution in [2.24, 2.45) is 0 Å². The van der Waals surface area contributed by atoms with E-state index in [2.05, 4.69) is 14.7 Å². The van der Waals surface area contributed by atoms with Crippen LogP contribution in [-0.4, -0.2) is 47.8 Å². The zero-order valence-electron chi connectivity index (χ0n) is 13.5. The van der Waals surface area contributed by atoms with Gasteiger partial charge < -0.3 is 13.8 Å². The van der Waals surface area contributed by atoms with Crippen LogP contribution in [0.15, 0.2) is 28.8 Å². The molecule has 0 bridgehead atoms. The van der Waals surface area contributed by atoms with Crippen LogP contribution in [0.5, 0.6) is 0 Å². The molecular formula is C15H17ClF2N3O3P. The van der Waals surface area contributed by atoms with Gasteiger partial charge in [-0.1, -0.05) is 29.4 Å². The molecular weight excluding hydrogens is 375 g/mol. The molecule has 0 spiro atoms. The minimum atomic E-state index is -3.70. The molecule has 0 N–H and O–H groups in total. The average Bonchev–Trinajstić information content (AvgIpc) is 3.06. The molecule has 1 fully saturated rings. The fourth-order valence-electron chi connectivity index (χ4n) is 2.63. The number of ether oxygens (including phenoxy) is 1. The Morgan fingerprint density at radius 1 is 1.28 bits per heavy atom. The second-order valence-electron chi connectivity index (χ2n) is 5.89. The lowest BCUT2D eigenvalue weighted by Gasteiger charge is -2.32. The SMILES string of the molecule is CP(=O)(Cc1ccc(-c2noc(C(F)(F)Cl)n2)cc1)N1CCOCC1. The van der Waals surface area contributed by atoms with Crippen molar-refractivity contribution in [3.63, 3.8) is 0 Å². The summed E-state index contributed by atoms with van der Waals surface area (Å²) >= 11 is 4.86. The van der Waals surface area contributed by atoms with Crippen molar-refractivity contribution in [2.75, 3.05) is 33.0 Å². The lowest BCUT2D eigenvalue weighted by molar-refractivity contribution is 0.0551. The first-order chi connectivity index (χ1) is 11.8. The number of aromatic nitrogens is 2. The predicted octanol–water partition coefficient (Wildman–Crippen LogP) is 3.76. The lowest BCUT2D eigenvalue weighted by atomic mass is 10.1. The molecule has 2 heterocycles. The summed E-state index contributed by atoms with van der Waals surface area (Å²) in [7, 11) is -2.51. The molecule has 1 saturated heterocycles. The van der Waals surface area contributed by atoms with Crippen LogP contribution in [0.25, 0.3) is 11.4 Å². The monoisotopic (exact) mass is 391 g/mol. The number of morpholine rings is 1. The van der Waals surface area contributed by atoms with Crippen LogP contribution < -0.4 is 0 Å². The van der Waals surface area contributed by atoms with Crippen LogP contribution in [0.4, 0.5) is 8.78 Å². The summed E-state index contributed by atoms with van der Waals surface area (Å²) < 4.78 is 50.5. The third-order valence-electron chi connectivity index (χ3n) is 3.94. The minimum absolute atomic E-state index is 0.0229. The maximum atomic E-state index is 12.9. The lowest BCUT2D eigenvalue weighted by Crippen LogP contribution is -2.34. The Hall–Kier alpha value is -1.34. The summed E-state index contributed by atoms with van der Waals surface area (Å²) in [5.74, 6) is -0.923. The standard InChI is InChI=1S/C15H17ClF2N3O3P/c1-25(22,21-6-8-23-9-7-21)10-11-2-4-12(5-3-11)13-19-14(24-20-13)15(16,17)18/h2-5H,6-10H2,1H3. The second kappa shape index (κ2) is 7.11. The van der Waals surface area contributed by atoms with E-state index < -0.39 is 18.6 Å². The van der Waals surface area contributed by atoms with Gasteiger partial charge in [-0.25, -0.2) is 4.67 Å². The van der Waals surface area contributed by atoms with Crippen LogP contribution >= 0.6 is 18.9 Å². The normalized spacial score (nSPS) is 18.9. The van der Waals surface area contributed by atoms with E-state index in [0.717, 1.165) is 5.56 Å². The van der Waals surface area contributed by atoms with Gasteiger partial charge in [-0.3, -0.25) is 0 Å². The van der Waals surface area contributed by atoms with Gasteiger partial charge >= 0.3 is 11.3 Å². The highest BCUT2D eigenvalue weighted by Crippen LogP contribution is 2.49. The molecule has 1 aliphatic heterocycles. The van der Waals surface area contributed by atoms with Gasteiger partial charge in [0.15, 0.2) is 7.29 Å². The van der Waals surface area contributed by atoms with Crippen molar-refractivity contribution in [3.05, 3.63) is 35.7 Å². The Morgan fingerprint density at radius 3 is 2.48 bits per heavy atom. The van der Waals surface area contributed by atoms with E-state index in [0.29, 0.717) is 38.0 Å². The number of rotatable bonds is 5. The maximum absolute atomic E-state index is 12.9. The Morgan fingerprint density at radius 2 is 1.92 bits per heavy atom. The smallest absolute Gasteiger partial charge is 0.379 e. The molecule has 10 heteroatoms. The van der Waals surface area contributed by atoms with Crippen LogP contribution in [0.1, 0.15) is 11.5 Å². The maximum Gasteiger partial charge on any atom is 0.400 e. The van der Waals surface area contributed by atoms with Crippen LogP contribution in [-0.2, 0) is 20.8 Å². The van der Waals surface area contributed by atoms with Crippen LogP contribution in [0, 0.1) is 0 Å². The van der Waals surface area contributed by atoms with E-state index in [1.54, 1.807) is 30.9 Å². The zero-order chi connectivity index (χ0) is 18.1. The van der Waals surface area contributed by atoms with Gasteiger partial charge in [0.2, 0.25) is 5.82 Å². The Kier molecular flexibility index (Phi) is 5.25. The van der Waals surface area contributed by atoms with Crippen LogP contribution in [0.3, 0.4) is 0 Å². The topological polar surface area (TPSA) is 68.5 Å². The Labute approximate surface area is 148 Å². The molecule has 0 radical (unpaired) electrons. The Balaban J connectivity index is 1.72. The molecule has 3 rings (SSSR count). The van der Waals surface area contributed by atoms with E-state index in [1.165, 1.54) is 0 Å². The molecule has 1 aliphatic rings. The van der Waals surface area contributed by atoms with Gasteiger partial charge in [0.1, 0.15) is 0 Å². The van der Waals surface area contributed by atoms with Gasteiger partial charge in [0, 0.05) is 31.5 Å². The average molecular weight is 392 g/mol. The number of halogens is 3. The highest BCUT2D eigenvalue weighted by molar-refractivity contribution is 7.59. The van der Waals surface area contributed by atoms with Gasteiger partial charge in [-0.05, 0) is 17.2 Å². The first kappa shape index (κ1) is 18.5. The molecule has 25 heavy (non-hydrogen) atoms. The van der Waals surface area contributed by atoms with E-state index in [9.17, 15) is 13.3 Å². The summed E-state index contributed by atoms with van der Waals surface area (Å²) in [6, 6.07) is 6.91.